The van der Waals surface area contributed by atoms with Crippen LogP contribution in [0.1, 0.15) is 0 Å². The van der Waals surface area contributed by atoms with Crippen LogP contribution in [0.3, 0.4) is 0 Å². The van der Waals surface area contributed by atoms with E-state index in [4.69, 9.17) is 11.6 Å². The second-order valence-corrected chi connectivity index (χ2v) is 4.41. The Kier molecular flexibility index (Phi) is 2.73. The highest BCUT2D eigenvalue weighted by molar-refractivity contribution is 6.35. The number of rotatable bonds is 1. The van der Waals surface area contributed by atoms with Gasteiger partial charge in [0, 0.05) is 17.1 Å². The van der Waals surface area contributed by atoms with Gasteiger partial charge in [-0.05, 0) is 35.9 Å². The van der Waals surface area contributed by atoms with Crippen molar-refractivity contribution < 1.29 is 4.39 Å². The van der Waals surface area contributed by atoms with Crippen LogP contribution < -0.4 is 0 Å². The summed E-state index contributed by atoms with van der Waals surface area (Å²) in [7, 11) is 0. The van der Waals surface area contributed by atoms with Crippen molar-refractivity contribution in [1.29, 1.82) is 0 Å². The van der Waals surface area contributed by atoms with Crippen LogP contribution in [0.4, 0.5) is 4.39 Å². The monoisotopic (exact) mass is 257 g/mol. The molecule has 0 unspecified atom stereocenters. The van der Waals surface area contributed by atoms with Gasteiger partial charge >= 0.3 is 0 Å². The normalized spacial score (nSPS) is 10.8. The maximum Gasteiger partial charge on any atom is 0.123 e. The van der Waals surface area contributed by atoms with Crippen molar-refractivity contribution in [2.75, 3.05) is 0 Å². The molecule has 0 radical (unpaired) electrons. The van der Waals surface area contributed by atoms with Gasteiger partial charge in [-0.25, -0.2) is 4.39 Å². The minimum Gasteiger partial charge on any atom is -0.256 e. The summed E-state index contributed by atoms with van der Waals surface area (Å²) in [6.45, 7) is 0. The Morgan fingerprint density at radius 2 is 1.72 bits per heavy atom. The van der Waals surface area contributed by atoms with Gasteiger partial charge in [-0.2, -0.15) is 0 Å². The number of halogens is 2. The highest BCUT2D eigenvalue weighted by atomic mass is 35.5. The molecule has 0 aliphatic heterocycles. The SMILES string of the molecule is Fc1ccc(-c2ccc(Cl)c3cccnc23)cc1. The summed E-state index contributed by atoms with van der Waals surface area (Å²) in [4.78, 5) is 4.36. The van der Waals surface area contributed by atoms with Crippen molar-refractivity contribution in [2.24, 2.45) is 0 Å². The number of hydrogen-bond acceptors (Lipinski definition) is 1. The topological polar surface area (TPSA) is 12.9 Å². The van der Waals surface area contributed by atoms with Crippen LogP contribution in [0.5, 0.6) is 0 Å². The van der Waals surface area contributed by atoms with E-state index in [9.17, 15) is 4.39 Å². The summed E-state index contributed by atoms with van der Waals surface area (Å²) in [5.41, 5.74) is 2.71. The Hall–Kier alpha value is -1.93. The average Bonchev–Trinajstić information content (AvgIpc) is 2.41. The molecule has 3 heteroatoms. The van der Waals surface area contributed by atoms with Gasteiger partial charge in [0.05, 0.1) is 10.5 Å². The van der Waals surface area contributed by atoms with Gasteiger partial charge in [0.15, 0.2) is 0 Å². The summed E-state index contributed by atoms with van der Waals surface area (Å²) in [5.74, 6) is -0.245. The van der Waals surface area contributed by atoms with E-state index in [1.807, 2.05) is 24.3 Å². The quantitative estimate of drug-likeness (QED) is 0.616. The number of benzene rings is 2. The van der Waals surface area contributed by atoms with Gasteiger partial charge in [0.2, 0.25) is 0 Å². The molecule has 0 aliphatic rings. The summed E-state index contributed by atoms with van der Waals surface area (Å²) >= 11 is 6.14. The van der Waals surface area contributed by atoms with Gasteiger partial charge in [-0.3, -0.25) is 4.98 Å². The average molecular weight is 258 g/mol. The van der Waals surface area contributed by atoms with Gasteiger partial charge < -0.3 is 0 Å². The molecule has 88 valence electrons. The molecule has 1 heterocycles. The minimum atomic E-state index is -0.245. The number of fused-ring (bicyclic) bond motifs is 1. The van der Waals surface area contributed by atoms with Crippen LogP contribution in [-0.2, 0) is 0 Å². The smallest absolute Gasteiger partial charge is 0.123 e. The Morgan fingerprint density at radius 1 is 0.944 bits per heavy atom. The summed E-state index contributed by atoms with van der Waals surface area (Å²) in [6, 6.07) is 13.9. The molecule has 3 rings (SSSR count). The molecule has 1 nitrogen and oxygen atoms in total. The molecule has 1 aromatic heterocycles. The fraction of sp³-hybridized carbons (Fsp3) is 0. The van der Waals surface area contributed by atoms with Crippen molar-refractivity contribution in [1.82, 2.24) is 4.98 Å². The third-order valence-corrected chi connectivity index (χ3v) is 3.20. The summed E-state index contributed by atoms with van der Waals surface area (Å²) in [5, 5.41) is 1.57. The fourth-order valence-corrected chi connectivity index (χ4v) is 2.22. The Morgan fingerprint density at radius 3 is 2.50 bits per heavy atom. The highest BCUT2D eigenvalue weighted by Crippen LogP contribution is 2.31. The largest absolute Gasteiger partial charge is 0.256 e. The predicted molar refractivity (Wildman–Crippen MR) is 72.1 cm³/mol. The predicted octanol–water partition coefficient (Wildman–Crippen LogP) is 4.69. The number of nitrogens with zero attached hydrogens (tertiary/aromatic N) is 1. The molecule has 0 aliphatic carbocycles. The number of aromatic nitrogens is 1. The fourth-order valence-electron chi connectivity index (χ4n) is 2.00. The molecular weight excluding hydrogens is 249 g/mol. The minimum absolute atomic E-state index is 0.245. The van der Waals surface area contributed by atoms with Crippen LogP contribution in [0, 0.1) is 5.82 Å². The Labute approximate surface area is 109 Å². The lowest BCUT2D eigenvalue weighted by molar-refractivity contribution is 0.628. The third kappa shape index (κ3) is 1.85. The van der Waals surface area contributed by atoms with Crippen molar-refractivity contribution in [3.63, 3.8) is 0 Å². The van der Waals surface area contributed by atoms with E-state index in [-0.39, 0.29) is 5.82 Å². The van der Waals surface area contributed by atoms with Crippen molar-refractivity contribution in [2.45, 2.75) is 0 Å². The maximum atomic E-state index is 12.9. The zero-order chi connectivity index (χ0) is 12.5. The first-order valence-electron chi connectivity index (χ1n) is 5.55. The molecule has 0 atom stereocenters. The van der Waals surface area contributed by atoms with Crippen molar-refractivity contribution >= 4 is 22.5 Å². The van der Waals surface area contributed by atoms with Crippen molar-refractivity contribution in [3.05, 3.63) is 65.6 Å². The molecule has 0 spiro atoms. The molecule has 0 N–H and O–H groups in total. The van der Waals surface area contributed by atoms with E-state index in [1.54, 1.807) is 18.3 Å². The van der Waals surface area contributed by atoms with Crippen LogP contribution >= 0.6 is 11.6 Å². The molecule has 0 saturated carbocycles. The molecule has 0 amide bonds. The van der Waals surface area contributed by atoms with E-state index in [1.165, 1.54) is 12.1 Å². The molecule has 0 fully saturated rings. The first-order chi connectivity index (χ1) is 8.75. The second kappa shape index (κ2) is 4.39. The van der Waals surface area contributed by atoms with E-state index < -0.39 is 0 Å². The molecule has 3 aromatic rings. The first-order valence-corrected chi connectivity index (χ1v) is 5.93. The Balaban J connectivity index is 2.30. The van der Waals surface area contributed by atoms with Crippen LogP contribution in [0.25, 0.3) is 22.0 Å². The highest BCUT2D eigenvalue weighted by Gasteiger charge is 2.07. The Bertz CT molecular complexity index is 707. The van der Waals surface area contributed by atoms with Crippen LogP contribution in [-0.4, -0.2) is 4.98 Å². The summed E-state index contributed by atoms with van der Waals surface area (Å²) in [6.07, 6.45) is 1.73. The second-order valence-electron chi connectivity index (χ2n) is 4.00. The zero-order valence-electron chi connectivity index (χ0n) is 9.40. The number of hydrogen-bond donors (Lipinski definition) is 0. The lowest BCUT2D eigenvalue weighted by atomic mass is 10.0. The zero-order valence-corrected chi connectivity index (χ0v) is 10.2. The van der Waals surface area contributed by atoms with Crippen LogP contribution in [0.15, 0.2) is 54.7 Å². The van der Waals surface area contributed by atoms with Crippen LogP contribution in [0.2, 0.25) is 5.02 Å². The lowest BCUT2D eigenvalue weighted by Crippen LogP contribution is -1.85. The van der Waals surface area contributed by atoms with Gasteiger partial charge in [0.25, 0.3) is 0 Å². The number of pyridine rings is 1. The molecular formula is C15H9ClFN. The maximum absolute atomic E-state index is 12.9. The lowest BCUT2D eigenvalue weighted by Gasteiger charge is -2.07. The van der Waals surface area contributed by atoms with E-state index >= 15 is 0 Å². The van der Waals surface area contributed by atoms with Gasteiger partial charge in [-0.1, -0.05) is 29.8 Å². The van der Waals surface area contributed by atoms with E-state index in [2.05, 4.69) is 4.98 Å². The van der Waals surface area contributed by atoms with Crippen molar-refractivity contribution in [3.8, 4) is 11.1 Å². The van der Waals surface area contributed by atoms with E-state index in [0.717, 1.165) is 22.0 Å². The molecule has 18 heavy (non-hydrogen) atoms. The summed E-state index contributed by atoms with van der Waals surface area (Å²) < 4.78 is 12.9. The van der Waals surface area contributed by atoms with Gasteiger partial charge in [0.1, 0.15) is 5.82 Å². The van der Waals surface area contributed by atoms with E-state index in [0.29, 0.717) is 5.02 Å². The standard InChI is InChI=1S/C15H9ClFN/c16-14-8-7-12(10-3-5-11(17)6-4-10)15-13(14)2-1-9-18-15/h1-9H. The van der Waals surface area contributed by atoms with Gasteiger partial charge in [-0.15, -0.1) is 0 Å². The molecule has 2 aromatic carbocycles. The molecule has 0 saturated heterocycles. The molecule has 0 bridgehead atoms. The third-order valence-electron chi connectivity index (χ3n) is 2.87. The first kappa shape index (κ1) is 11.2.